The van der Waals surface area contributed by atoms with Gasteiger partial charge in [0.15, 0.2) is 9.84 Å². The molecule has 1 heterocycles. The highest BCUT2D eigenvalue weighted by molar-refractivity contribution is 7.99. The van der Waals surface area contributed by atoms with Crippen LogP contribution in [0.15, 0.2) is 29.2 Å². The maximum atomic E-state index is 11.5. The summed E-state index contributed by atoms with van der Waals surface area (Å²) in [5, 5.41) is 3.42. The monoisotopic (exact) mass is 271 g/mol. The molecule has 0 radical (unpaired) electrons. The molecule has 2 rings (SSSR count). The molecular weight excluding hydrogens is 254 g/mol. The van der Waals surface area contributed by atoms with E-state index in [0.29, 0.717) is 16.9 Å². The summed E-state index contributed by atoms with van der Waals surface area (Å²) < 4.78 is 22.9. The topological polar surface area (TPSA) is 46.2 Å². The van der Waals surface area contributed by atoms with E-state index in [-0.39, 0.29) is 0 Å². The van der Waals surface area contributed by atoms with Crippen molar-refractivity contribution >= 4 is 27.3 Å². The van der Waals surface area contributed by atoms with Gasteiger partial charge in [0.05, 0.1) is 4.90 Å². The summed E-state index contributed by atoms with van der Waals surface area (Å²) >= 11 is 1.94. The number of sulfone groups is 1. The van der Waals surface area contributed by atoms with Crippen LogP contribution in [0, 0.1) is 5.92 Å². The third-order valence-corrected chi connectivity index (χ3v) is 5.45. The molecule has 0 amide bonds. The van der Waals surface area contributed by atoms with Crippen LogP contribution in [0.1, 0.15) is 6.92 Å². The number of anilines is 1. The molecule has 3 nitrogen and oxygen atoms in total. The molecule has 1 aromatic carbocycles. The molecule has 0 saturated carbocycles. The van der Waals surface area contributed by atoms with E-state index in [1.54, 1.807) is 18.2 Å². The predicted octanol–water partition coefficient (Wildman–Crippen LogP) is 2.25. The third-order valence-electron chi connectivity index (χ3n) is 2.98. The molecule has 0 bridgehead atoms. The first-order valence-electron chi connectivity index (χ1n) is 5.61. The molecule has 1 aromatic rings. The van der Waals surface area contributed by atoms with E-state index in [1.807, 2.05) is 17.8 Å². The van der Waals surface area contributed by atoms with Crippen molar-refractivity contribution in [3.8, 4) is 0 Å². The van der Waals surface area contributed by atoms with E-state index in [9.17, 15) is 8.42 Å². The Morgan fingerprint density at radius 3 is 2.71 bits per heavy atom. The Hall–Kier alpha value is -0.680. The van der Waals surface area contributed by atoms with Crippen LogP contribution < -0.4 is 5.32 Å². The summed E-state index contributed by atoms with van der Waals surface area (Å²) in [4.78, 5) is 0.376. The molecule has 1 aliphatic rings. The molecule has 2 atom stereocenters. The van der Waals surface area contributed by atoms with Gasteiger partial charge < -0.3 is 5.32 Å². The molecule has 2 unspecified atom stereocenters. The van der Waals surface area contributed by atoms with Crippen molar-refractivity contribution in [2.45, 2.75) is 17.9 Å². The van der Waals surface area contributed by atoms with Crippen molar-refractivity contribution in [2.75, 3.05) is 23.1 Å². The smallest absolute Gasteiger partial charge is 0.175 e. The molecule has 0 aliphatic carbocycles. The predicted molar refractivity (Wildman–Crippen MR) is 73.5 cm³/mol. The quantitative estimate of drug-likeness (QED) is 0.916. The molecule has 1 N–H and O–H groups in total. The van der Waals surface area contributed by atoms with Crippen molar-refractivity contribution in [2.24, 2.45) is 5.92 Å². The normalized spacial score (nSPS) is 24.8. The highest BCUT2D eigenvalue weighted by Crippen LogP contribution is 2.27. The van der Waals surface area contributed by atoms with Gasteiger partial charge in [-0.1, -0.05) is 13.0 Å². The first-order chi connectivity index (χ1) is 7.97. The first-order valence-corrected chi connectivity index (χ1v) is 8.66. The zero-order chi connectivity index (χ0) is 12.5. The zero-order valence-corrected chi connectivity index (χ0v) is 11.6. The van der Waals surface area contributed by atoms with Gasteiger partial charge in [-0.3, -0.25) is 0 Å². The first kappa shape index (κ1) is 12.8. The van der Waals surface area contributed by atoms with Crippen LogP contribution in [-0.2, 0) is 9.84 Å². The van der Waals surface area contributed by atoms with Crippen LogP contribution in [0.2, 0.25) is 0 Å². The standard InChI is InChI=1S/C12H17NO2S2/c1-9-7-16-8-12(9)13-10-4-3-5-11(6-10)17(2,14)15/h3-6,9,12-13H,7-8H2,1-2H3. The Balaban J connectivity index is 2.17. The maximum absolute atomic E-state index is 11.5. The van der Waals surface area contributed by atoms with E-state index in [0.717, 1.165) is 11.4 Å². The number of rotatable bonds is 3. The summed E-state index contributed by atoms with van der Waals surface area (Å²) in [5.41, 5.74) is 0.896. The van der Waals surface area contributed by atoms with Gasteiger partial charge in [-0.2, -0.15) is 11.8 Å². The highest BCUT2D eigenvalue weighted by Gasteiger charge is 2.23. The fraction of sp³-hybridized carbons (Fsp3) is 0.500. The second kappa shape index (κ2) is 4.90. The number of nitrogens with one attached hydrogen (secondary N) is 1. The van der Waals surface area contributed by atoms with Gasteiger partial charge in [0, 0.05) is 23.7 Å². The number of benzene rings is 1. The van der Waals surface area contributed by atoms with Gasteiger partial charge in [0.2, 0.25) is 0 Å². The van der Waals surface area contributed by atoms with Crippen LogP contribution in [0.4, 0.5) is 5.69 Å². The molecule has 0 aromatic heterocycles. The van der Waals surface area contributed by atoms with Crippen molar-refractivity contribution in [3.63, 3.8) is 0 Å². The lowest BCUT2D eigenvalue weighted by atomic mass is 10.1. The SMILES string of the molecule is CC1CSCC1Nc1cccc(S(C)(=O)=O)c1. The third kappa shape index (κ3) is 3.16. The lowest BCUT2D eigenvalue weighted by Crippen LogP contribution is -2.25. The zero-order valence-electron chi connectivity index (χ0n) is 10.0. The summed E-state index contributed by atoms with van der Waals surface area (Å²) in [6.45, 7) is 2.22. The van der Waals surface area contributed by atoms with E-state index >= 15 is 0 Å². The number of hydrogen-bond acceptors (Lipinski definition) is 4. The lowest BCUT2D eigenvalue weighted by molar-refractivity contribution is 0.598. The molecule has 1 aliphatic heterocycles. The van der Waals surface area contributed by atoms with E-state index in [1.165, 1.54) is 12.0 Å². The minimum atomic E-state index is -3.12. The fourth-order valence-corrected chi connectivity index (χ4v) is 3.95. The van der Waals surface area contributed by atoms with E-state index in [4.69, 9.17) is 0 Å². The average Bonchev–Trinajstić information content (AvgIpc) is 2.64. The van der Waals surface area contributed by atoms with Gasteiger partial charge in [0.25, 0.3) is 0 Å². The van der Waals surface area contributed by atoms with Crippen LogP contribution >= 0.6 is 11.8 Å². The van der Waals surface area contributed by atoms with Gasteiger partial charge in [-0.05, 0) is 29.9 Å². The second-order valence-corrected chi connectivity index (χ2v) is 7.66. The maximum Gasteiger partial charge on any atom is 0.175 e. The number of thioether (sulfide) groups is 1. The Morgan fingerprint density at radius 2 is 2.12 bits per heavy atom. The van der Waals surface area contributed by atoms with Crippen molar-refractivity contribution in [1.29, 1.82) is 0 Å². The lowest BCUT2D eigenvalue weighted by Gasteiger charge is -2.18. The van der Waals surface area contributed by atoms with Crippen molar-refractivity contribution in [1.82, 2.24) is 0 Å². The largest absolute Gasteiger partial charge is 0.381 e. The number of hydrogen-bond donors (Lipinski definition) is 1. The van der Waals surface area contributed by atoms with Crippen LogP contribution in [0.25, 0.3) is 0 Å². The molecular formula is C12H17NO2S2. The van der Waals surface area contributed by atoms with Gasteiger partial charge in [-0.25, -0.2) is 8.42 Å². The molecule has 1 fully saturated rings. The van der Waals surface area contributed by atoms with E-state index < -0.39 is 9.84 Å². The minimum absolute atomic E-state index is 0.376. The molecule has 94 valence electrons. The minimum Gasteiger partial charge on any atom is -0.381 e. The summed E-state index contributed by atoms with van der Waals surface area (Å²) in [6.07, 6.45) is 1.24. The van der Waals surface area contributed by atoms with Crippen molar-refractivity contribution < 1.29 is 8.42 Å². The van der Waals surface area contributed by atoms with Gasteiger partial charge >= 0.3 is 0 Å². The molecule has 5 heteroatoms. The van der Waals surface area contributed by atoms with Gasteiger partial charge in [0.1, 0.15) is 0 Å². The summed E-state index contributed by atoms with van der Waals surface area (Å²) in [7, 11) is -3.12. The summed E-state index contributed by atoms with van der Waals surface area (Å²) in [5.74, 6) is 2.88. The van der Waals surface area contributed by atoms with E-state index in [2.05, 4.69) is 12.2 Å². The summed E-state index contributed by atoms with van der Waals surface area (Å²) in [6, 6.07) is 7.49. The Morgan fingerprint density at radius 1 is 1.35 bits per heavy atom. The van der Waals surface area contributed by atoms with Crippen LogP contribution in [0.5, 0.6) is 0 Å². The van der Waals surface area contributed by atoms with Crippen LogP contribution in [-0.4, -0.2) is 32.2 Å². The molecule has 1 saturated heterocycles. The molecule has 0 spiro atoms. The average molecular weight is 271 g/mol. The van der Waals surface area contributed by atoms with Crippen molar-refractivity contribution in [3.05, 3.63) is 24.3 Å². The fourth-order valence-electron chi connectivity index (χ4n) is 1.88. The molecule has 17 heavy (non-hydrogen) atoms. The highest BCUT2D eigenvalue weighted by atomic mass is 32.2. The van der Waals surface area contributed by atoms with Crippen LogP contribution in [0.3, 0.4) is 0 Å². The Kier molecular flexibility index (Phi) is 3.68. The Labute approximate surface area is 107 Å². The van der Waals surface area contributed by atoms with Gasteiger partial charge in [-0.15, -0.1) is 0 Å². The second-order valence-electron chi connectivity index (χ2n) is 4.57. The Bertz CT molecular complexity index is 499.